The van der Waals surface area contributed by atoms with E-state index in [4.69, 9.17) is 4.74 Å². The molecule has 0 spiro atoms. The fraction of sp³-hybridized carbons (Fsp3) is 0.647. The molecule has 1 aromatic carbocycles. The minimum Gasteiger partial charge on any atom is -0.490 e. The van der Waals surface area contributed by atoms with Gasteiger partial charge in [-0.05, 0) is 59.4 Å². The lowest BCUT2D eigenvalue weighted by molar-refractivity contribution is 0.106. The highest BCUT2D eigenvalue weighted by molar-refractivity contribution is 9.10. The highest BCUT2D eigenvalue weighted by Gasteiger charge is 2.07. The zero-order chi connectivity index (χ0) is 15.7. The third kappa shape index (κ3) is 8.44. The van der Waals surface area contributed by atoms with Crippen LogP contribution >= 0.6 is 15.9 Å². The Bertz CT molecular complexity index is 410. The van der Waals surface area contributed by atoms with Gasteiger partial charge in [-0.3, -0.25) is 0 Å². The molecule has 21 heavy (non-hydrogen) atoms. The Labute approximate surface area is 137 Å². The van der Waals surface area contributed by atoms with Crippen LogP contribution in [0.1, 0.15) is 38.7 Å². The number of halogens is 1. The van der Waals surface area contributed by atoms with Gasteiger partial charge < -0.3 is 15.2 Å². The topological polar surface area (TPSA) is 41.5 Å². The molecule has 0 amide bonds. The predicted octanol–water partition coefficient (Wildman–Crippen LogP) is 3.91. The zero-order valence-electron chi connectivity index (χ0n) is 13.4. The van der Waals surface area contributed by atoms with Gasteiger partial charge in [-0.2, -0.15) is 0 Å². The first-order chi connectivity index (χ1) is 9.99. The number of hydrogen-bond acceptors (Lipinski definition) is 3. The summed E-state index contributed by atoms with van der Waals surface area (Å²) in [6.45, 7) is 8.37. The molecule has 3 nitrogen and oxygen atoms in total. The second-order valence-corrected chi connectivity index (χ2v) is 6.85. The molecule has 0 radical (unpaired) electrons. The van der Waals surface area contributed by atoms with E-state index < -0.39 is 6.10 Å². The minimum atomic E-state index is -0.483. The van der Waals surface area contributed by atoms with Crippen molar-refractivity contribution in [3.05, 3.63) is 28.2 Å². The van der Waals surface area contributed by atoms with E-state index in [1.54, 1.807) is 0 Å². The second-order valence-electron chi connectivity index (χ2n) is 5.99. The van der Waals surface area contributed by atoms with Crippen LogP contribution in [-0.4, -0.2) is 30.9 Å². The normalized spacial score (nSPS) is 12.7. The average Bonchev–Trinajstić information content (AvgIpc) is 2.41. The van der Waals surface area contributed by atoms with E-state index in [0.717, 1.165) is 29.1 Å². The summed E-state index contributed by atoms with van der Waals surface area (Å²) in [5, 5.41) is 13.2. The maximum Gasteiger partial charge on any atom is 0.133 e. The van der Waals surface area contributed by atoms with Crippen LogP contribution in [0, 0.1) is 12.8 Å². The molecule has 0 aliphatic heterocycles. The predicted molar refractivity (Wildman–Crippen MR) is 91.9 cm³/mol. The van der Waals surface area contributed by atoms with E-state index in [1.165, 1.54) is 18.4 Å². The van der Waals surface area contributed by atoms with Gasteiger partial charge in [0.05, 0.1) is 4.47 Å². The number of nitrogens with one attached hydrogen (secondary N) is 1. The molecule has 0 saturated carbocycles. The van der Waals surface area contributed by atoms with Gasteiger partial charge in [-0.1, -0.05) is 32.8 Å². The fourth-order valence-corrected chi connectivity index (χ4v) is 2.65. The smallest absolute Gasteiger partial charge is 0.133 e. The first-order valence-corrected chi connectivity index (χ1v) is 8.56. The molecule has 0 aliphatic rings. The molecular weight excluding hydrogens is 330 g/mol. The van der Waals surface area contributed by atoms with Crippen LogP contribution in [0.15, 0.2) is 22.7 Å². The van der Waals surface area contributed by atoms with Crippen molar-refractivity contribution in [2.45, 2.75) is 46.1 Å². The highest BCUT2D eigenvalue weighted by Crippen LogP contribution is 2.25. The monoisotopic (exact) mass is 357 g/mol. The lowest BCUT2D eigenvalue weighted by Gasteiger charge is -2.14. The SMILES string of the molecule is Cc1ccc(OCC(O)CNCCCCC(C)C)c(Br)c1. The maximum absolute atomic E-state index is 9.90. The number of benzene rings is 1. The quantitative estimate of drug-likeness (QED) is 0.623. The van der Waals surface area contributed by atoms with Gasteiger partial charge in [0.1, 0.15) is 18.5 Å². The molecule has 1 rings (SSSR count). The van der Waals surface area contributed by atoms with E-state index in [1.807, 2.05) is 25.1 Å². The van der Waals surface area contributed by atoms with Gasteiger partial charge >= 0.3 is 0 Å². The number of hydrogen-bond donors (Lipinski definition) is 2. The molecule has 0 bridgehead atoms. The molecule has 4 heteroatoms. The third-order valence-corrected chi connectivity index (χ3v) is 3.90. The van der Waals surface area contributed by atoms with Crippen LogP contribution in [0.3, 0.4) is 0 Å². The Balaban J connectivity index is 2.12. The molecule has 1 atom stereocenters. The van der Waals surface area contributed by atoms with Crippen molar-refractivity contribution in [3.8, 4) is 5.75 Å². The van der Waals surface area contributed by atoms with Crippen molar-refractivity contribution < 1.29 is 9.84 Å². The molecule has 120 valence electrons. The molecule has 0 fully saturated rings. The number of aryl methyl sites for hydroxylation is 1. The summed E-state index contributed by atoms with van der Waals surface area (Å²) in [4.78, 5) is 0. The Morgan fingerprint density at radius 1 is 1.29 bits per heavy atom. The van der Waals surface area contributed by atoms with E-state index in [2.05, 4.69) is 35.1 Å². The molecule has 0 aliphatic carbocycles. The molecule has 0 saturated heterocycles. The van der Waals surface area contributed by atoms with Gasteiger partial charge in [0.25, 0.3) is 0 Å². The average molecular weight is 358 g/mol. The molecule has 0 aromatic heterocycles. The van der Waals surface area contributed by atoms with Crippen LogP contribution in [-0.2, 0) is 0 Å². The first kappa shape index (κ1) is 18.5. The van der Waals surface area contributed by atoms with Crippen molar-refractivity contribution in [1.82, 2.24) is 5.32 Å². The Morgan fingerprint density at radius 3 is 2.71 bits per heavy atom. The molecule has 0 heterocycles. The third-order valence-electron chi connectivity index (χ3n) is 3.28. The second kappa shape index (κ2) is 10.2. The van der Waals surface area contributed by atoms with Gasteiger partial charge in [-0.25, -0.2) is 0 Å². The van der Waals surface area contributed by atoms with E-state index in [-0.39, 0.29) is 0 Å². The van der Waals surface area contributed by atoms with E-state index >= 15 is 0 Å². The van der Waals surface area contributed by atoms with Gasteiger partial charge in [-0.15, -0.1) is 0 Å². The summed E-state index contributed by atoms with van der Waals surface area (Å²) in [5.41, 5.74) is 1.18. The number of aliphatic hydroxyl groups excluding tert-OH is 1. The Morgan fingerprint density at radius 2 is 2.05 bits per heavy atom. The summed E-state index contributed by atoms with van der Waals surface area (Å²) in [6, 6.07) is 5.93. The van der Waals surface area contributed by atoms with Gasteiger partial charge in [0, 0.05) is 6.54 Å². The van der Waals surface area contributed by atoms with Crippen LogP contribution in [0.2, 0.25) is 0 Å². The summed E-state index contributed by atoms with van der Waals surface area (Å²) >= 11 is 3.47. The Kier molecular flexibility index (Phi) is 8.97. The summed E-state index contributed by atoms with van der Waals surface area (Å²) in [7, 11) is 0. The summed E-state index contributed by atoms with van der Waals surface area (Å²) in [5.74, 6) is 1.55. The molecule has 1 aromatic rings. The summed E-state index contributed by atoms with van der Waals surface area (Å²) < 4.78 is 6.55. The highest BCUT2D eigenvalue weighted by atomic mass is 79.9. The van der Waals surface area contributed by atoms with Gasteiger partial charge in [0.2, 0.25) is 0 Å². The van der Waals surface area contributed by atoms with Crippen LogP contribution in [0.4, 0.5) is 0 Å². The largest absolute Gasteiger partial charge is 0.490 e. The minimum absolute atomic E-state index is 0.306. The summed E-state index contributed by atoms with van der Waals surface area (Å²) in [6.07, 6.45) is 3.20. The molecule has 1 unspecified atom stereocenters. The first-order valence-electron chi connectivity index (χ1n) is 7.76. The zero-order valence-corrected chi connectivity index (χ0v) is 14.9. The van der Waals surface area contributed by atoms with E-state index in [0.29, 0.717) is 13.2 Å². The van der Waals surface area contributed by atoms with Crippen molar-refractivity contribution in [2.24, 2.45) is 5.92 Å². The lowest BCUT2D eigenvalue weighted by atomic mass is 10.1. The van der Waals surface area contributed by atoms with E-state index in [9.17, 15) is 5.11 Å². The van der Waals surface area contributed by atoms with Crippen molar-refractivity contribution in [2.75, 3.05) is 19.7 Å². The number of aliphatic hydroxyl groups is 1. The van der Waals surface area contributed by atoms with Gasteiger partial charge in [0.15, 0.2) is 0 Å². The van der Waals surface area contributed by atoms with Crippen molar-refractivity contribution in [1.29, 1.82) is 0 Å². The van der Waals surface area contributed by atoms with Crippen molar-refractivity contribution >= 4 is 15.9 Å². The maximum atomic E-state index is 9.90. The standard InChI is InChI=1S/C17H28BrNO2/c1-13(2)6-4-5-9-19-11-15(20)12-21-17-8-7-14(3)10-16(17)18/h7-8,10,13,15,19-20H,4-6,9,11-12H2,1-3H3. The molecular formula is C17H28BrNO2. The van der Waals surface area contributed by atoms with Crippen molar-refractivity contribution in [3.63, 3.8) is 0 Å². The number of rotatable bonds is 10. The number of ether oxygens (including phenoxy) is 1. The lowest BCUT2D eigenvalue weighted by Crippen LogP contribution is -2.32. The van der Waals surface area contributed by atoms with Crippen LogP contribution < -0.4 is 10.1 Å². The van der Waals surface area contributed by atoms with Crippen LogP contribution in [0.5, 0.6) is 5.75 Å². The number of unbranched alkanes of at least 4 members (excludes halogenated alkanes) is 1. The molecule has 2 N–H and O–H groups in total. The Hall–Kier alpha value is -0.580. The fourth-order valence-electron chi connectivity index (χ4n) is 2.04. The van der Waals surface area contributed by atoms with Crippen LogP contribution in [0.25, 0.3) is 0 Å².